The molecule has 2 N–H and O–H groups in total. The molecule has 0 spiro atoms. The number of nitrogens with zero attached hydrogens (tertiary/aromatic N) is 1. The summed E-state index contributed by atoms with van der Waals surface area (Å²) in [7, 11) is 1.80. The molecule has 1 fully saturated rings. The topological polar surface area (TPSA) is 61.4 Å². The van der Waals surface area contributed by atoms with Crippen LogP contribution >= 0.6 is 0 Å². The Hall–Kier alpha value is -1.88. The second kappa shape index (κ2) is 7.79. The molecule has 0 heterocycles. The molecular weight excluding hydrogens is 302 g/mol. The van der Waals surface area contributed by atoms with Crippen LogP contribution in [0.2, 0.25) is 0 Å². The van der Waals surface area contributed by atoms with E-state index in [0.29, 0.717) is 12.0 Å². The van der Waals surface area contributed by atoms with Gasteiger partial charge in [-0.25, -0.2) is 0 Å². The molecule has 0 unspecified atom stereocenters. The molecule has 24 heavy (non-hydrogen) atoms. The van der Waals surface area contributed by atoms with Crippen molar-refractivity contribution in [3.8, 4) is 0 Å². The number of carbonyl (C=O) groups excluding carboxylic acids is 2. The second-order valence-corrected chi connectivity index (χ2v) is 7.12. The van der Waals surface area contributed by atoms with Gasteiger partial charge in [0.15, 0.2) is 0 Å². The molecule has 1 aliphatic rings. The molecule has 0 radical (unpaired) electrons. The van der Waals surface area contributed by atoms with E-state index in [1.807, 2.05) is 32.0 Å². The molecule has 1 atom stereocenters. The van der Waals surface area contributed by atoms with Crippen LogP contribution < -0.4 is 10.6 Å². The molecule has 1 aromatic rings. The summed E-state index contributed by atoms with van der Waals surface area (Å²) in [5, 5.41) is 6.00. The van der Waals surface area contributed by atoms with Crippen LogP contribution in [0.1, 0.15) is 50.7 Å². The summed E-state index contributed by atoms with van der Waals surface area (Å²) in [4.78, 5) is 26.3. The molecule has 0 aromatic heterocycles. The minimum absolute atomic E-state index is 0.0154. The van der Waals surface area contributed by atoms with Gasteiger partial charge in [0.05, 0.1) is 12.6 Å². The maximum atomic E-state index is 12.6. The molecule has 0 bridgehead atoms. The van der Waals surface area contributed by atoms with Crippen LogP contribution in [0.4, 0.5) is 5.69 Å². The largest absolute Gasteiger partial charge is 0.352 e. The van der Waals surface area contributed by atoms with Crippen LogP contribution in [-0.4, -0.2) is 42.4 Å². The molecule has 2 rings (SSSR count). The third-order valence-corrected chi connectivity index (χ3v) is 4.55. The lowest BCUT2D eigenvalue weighted by Crippen LogP contribution is -2.45. The number of likely N-dealkylation sites (N-methyl/N-ethyl adjacent to an activating group) is 1. The van der Waals surface area contributed by atoms with Gasteiger partial charge in [0.25, 0.3) is 0 Å². The maximum Gasteiger partial charge on any atom is 0.241 e. The van der Waals surface area contributed by atoms with Crippen LogP contribution in [-0.2, 0) is 9.59 Å². The van der Waals surface area contributed by atoms with Crippen molar-refractivity contribution in [2.75, 3.05) is 18.9 Å². The molecule has 0 aliphatic heterocycles. The Bertz CT molecular complexity index is 609. The van der Waals surface area contributed by atoms with Crippen molar-refractivity contribution in [3.05, 3.63) is 29.3 Å². The minimum Gasteiger partial charge on any atom is -0.352 e. The van der Waals surface area contributed by atoms with Crippen LogP contribution in [0.3, 0.4) is 0 Å². The number of hydrogen-bond donors (Lipinski definition) is 2. The van der Waals surface area contributed by atoms with E-state index >= 15 is 0 Å². The molecule has 1 aliphatic carbocycles. The fourth-order valence-corrected chi connectivity index (χ4v) is 2.63. The van der Waals surface area contributed by atoms with Gasteiger partial charge >= 0.3 is 0 Å². The second-order valence-electron chi connectivity index (χ2n) is 7.12. The van der Waals surface area contributed by atoms with Crippen molar-refractivity contribution in [1.29, 1.82) is 0 Å². The van der Waals surface area contributed by atoms with Crippen molar-refractivity contribution in [3.63, 3.8) is 0 Å². The number of benzene rings is 1. The molecule has 1 aromatic carbocycles. The average molecular weight is 331 g/mol. The number of para-hydroxylation sites is 1. The van der Waals surface area contributed by atoms with E-state index in [1.54, 1.807) is 11.9 Å². The molecule has 0 saturated heterocycles. The van der Waals surface area contributed by atoms with E-state index in [4.69, 9.17) is 0 Å². The predicted octanol–water partition coefficient (Wildman–Crippen LogP) is 2.66. The van der Waals surface area contributed by atoms with Crippen molar-refractivity contribution in [2.24, 2.45) is 0 Å². The smallest absolute Gasteiger partial charge is 0.241 e. The predicted molar refractivity (Wildman–Crippen MR) is 97.2 cm³/mol. The van der Waals surface area contributed by atoms with E-state index in [1.165, 1.54) is 0 Å². The zero-order valence-electron chi connectivity index (χ0n) is 15.3. The van der Waals surface area contributed by atoms with Crippen molar-refractivity contribution in [2.45, 2.75) is 58.5 Å². The first kappa shape index (κ1) is 18.5. The fourth-order valence-electron chi connectivity index (χ4n) is 2.63. The zero-order chi connectivity index (χ0) is 17.9. The van der Waals surface area contributed by atoms with Gasteiger partial charge in [0, 0.05) is 11.7 Å². The Kier molecular flexibility index (Phi) is 5.99. The summed E-state index contributed by atoms with van der Waals surface area (Å²) >= 11 is 0. The number of aryl methyl sites for hydroxylation is 1. The highest BCUT2D eigenvalue weighted by Gasteiger charge is 2.26. The summed E-state index contributed by atoms with van der Waals surface area (Å²) < 4.78 is 0. The van der Waals surface area contributed by atoms with Crippen LogP contribution in [0.15, 0.2) is 18.2 Å². The molecule has 1 saturated carbocycles. The molecule has 132 valence electrons. The molecule has 5 nitrogen and oxygen atoms in total. The molecule has 5 heteroatoms. The van der Waals surface area contributed by atoms with E-state index in [2.05, 4.69) is 24.5 Å². The van der Waals surface area contributed by atoms with Gasteiger partial charge in [0.2, 0.25) is 11.8 Å². The van der Waals surface area contributed by atoms with Crippen LogP contribution in [0.5, 0.6) is 0 Å². The lowest BCUT2D eigenvalue weighted by molar-refractivity contribution is -0.124. The van der Waals surface area contributed by atoms with Crippen LogP contribution in [0, 0.1) is 6.92 Å². The van der Waals surface area contributed by atoms with Gasteiger partial charge in [-0.15, -0.1) is 0 Å². The van der Waals surface area contributed by atoms with Gasteiger partial charge in [-0.1, -0.05) is 32.0 Å². The third kappa shape index (κ3) is 4.81. The lowest BCUT2D eigenvalue weighted by Gasteiger charge is -2.25. The highest BCUT2D eigenvalue weighted by molar-refractivity contribution is 5.96. The monoisotopic (exact) mass is 331 g/mol. The van der Waals surface area contributed by atoms with Crippen LogP contribution in [0.25, 0.3) is 0 Å². The quantitative estimate of drug-likeness (QED) is 0.807. The van der Waals surface area contributed by atoms with Gasteiger partial charge in [-0.05, 0) is 50.8 Å². The Balaban J connectivity index is 1.99. The normalized spacial score (nSPS) is 15.5. The summed E-state index contributed by atoms with van der Waals surface area (Å²) in [6.45, 7) is 8.28. The standard InChI is InChI=1S/C19H29N3O2/c1-12(2)16-8-6-7-13(3)18(16)21-19(24)14(4)22(5)11-17(23)20-15-9-10-15/h6-8,12,14-15H,9-11H2,1-5H3,(H,20,23)(H,21,24)/t14-/m0/s1. The zero-order valence-corrected chi connectivity index (χ0v) is 15.3. The Morgan fingerprint density at radius 3 is 2.50 bits per heavy atom. The van der Waals surface area contributed by atoms with E-state index in [9.17, 15) is 9.59 Å². The van der Waals surface area contributed by atoms with Gasteiger partial charge in [-0.3, -0.25) is 14.5 Å². The first-order valence-electron chi connectivity index (χ1n) is 8.69. The van der Waals surface area contributed by atoms with E-state index in [0.717, 1.165) is 29.7 Å². The molecule has 2 amide bonds. The van der Waals surface area contributed by atoms with E-state index in [-0.39, 0.29) is 24.4 Å². The Morgan fingerprint density at radius 2 is 1.92 bits per heavy atom. The van der Waals surface area contributed by atoms with E-state index < -0.39 is 0 Å². The van der Waals surface area contributed by atoms with Gasteiger partial charge in [0.1, 0.15) is 0 Å². The summed E-state index contributed by atoms with van der Waals surface area (Å²) in [6.07, 6.45) is 2.13. The fraction of sp³-hybridized carbons (Fsp3) is 0.579. The first-order chi connectivity index (χ1) is 11.3. The van der Waals surface area contributed by atoms with Crippen molar-refractivity contribution in [1.82, 2.24) is 10.2 Å². The van der Waals surface area contributed by atoms with Gasteiger partial charge in [-0.2, -0.15) is 0 Å². The number of anilines is 1. The van der Waals surface area contributed by atoms with Crippen molar-refractivity contribution >= 4 is 17.5 Å². The number of rotatable bonds is 7. The number of carbonyl (C=O) groups is 2. The summed E-state index contributed by atoms with van der Waals surface area (Å²) in [5.74, 6) is 0.226. The SMILES string of the molecule is Cc1cccc(C(C)C)c1NC(=O)[C@H](C)N(C)CC(=O)NC1CC1. The average Bonchev–Trinajstić information content (AvgIpc) is 3.31. The van der Waals surface area contributed by atoms with Gasteiger partial charge < -0.3 is 10.6 Å². The highest BCUT2D eigenvalue weighted by Crippen LogP contribution is 2.27. The van der Waals surface area contributed by atoms with Crippen molar-refractivity contribution < 1.29 is 9.59 Å². The number of amides is 2. The Morgan fingerprint density at radius 1 is 1.25 bits per heavy atom. The highest BCUT2D eigenvalue weighted by atomic mass is 16.2. The minimum atomic E-state index is -0.380. The lowest BCUT2D eigenvalue weighted by atomic mass is 9.98. The number of nitrogens with one attached hydrogen (secondary N) is 2. The Labute approximate surface area is 144 Å². The summed E-state index contributed by atoms with van der Waals surface area (Å²) in [5.41, 5.74) is 3.07. The first-order valence-corrected chi connectivity index (χ1v) is 8.69. The summed E-state index contributed by atoms with van der Waals surface area (Å²) in [6, 6.07) is 6.02. The third-order valence-electron chi connectivity index (χ3n) is 4.55. The molecular formula is C19H29N3O2. The number of hydrogen-bond acceptors (Lipinski definition) is 3. The maximum absolute atomic E-state index is 12.6.